The number of benzene rings is 1. The molecule has 0 spiro atoms. The number of aliphatic imine (C=N–C) groups is 1. The summed E-state index contributed by atoms with van der Waals surface area (Å²) in [6.45, 7) is 8.97. The minimum Gasteiger partial charge on any atom is -0.506 e. The molecule has 2 amide bonds. The van der Waals surface area contributed by atoms with E-state index in [1.807, 2.05) is 12.1 Å². The third kappa shape index (κ3) is 5.85. The molecule has 6 rings (SSSR count). The number of rotatable bonds is 11. The smallest absolute Gasteiger partial charge is 0.258 e. The van der Waals surface area contributed by atoms with Gasteiger partial charge in [-0.2, -0.15) is 0 Å². The Morgan fingerprint density at radius 2 is 2.00 bits per heavy atom. The van der Waals surface area contributed by atoms with Crippen molar-refractivity contribution < 1.29 is 32.6 Å². The molecule has 1 unspecified atom stereocenters. The largest absolute Gasteiger partial charge is 0.506 e. The number of aromatic nitrogens is 2. The van der Waals surface area contributed by atoms with Crippen LogP contribution in [0.25, 0.3) is 22.0 Å². The molecule has 4 heterocycles. The highest BCUT2D eigenvalue weighted by Crippen LogP contribution is 2.49. The quantitative estimate of drug-likeness (QED) is 0.298. The van der Waals surface area contributed by atoms with Gasteiger partial charge in [0.15, 0.2) is 0 Å². The van der Waals surface area contributed by atoms with Crippen molar-refractivity contribution in [3.63, 3.8) is 0 Å². The molecular formula is C33H37N5O7S. The molecule has 1 aliphatic carbocycles. The molecular weight excluding hydrogens is 610 g/mol. The lowest BCUT2D eigenvalue weighted by molar-refractivity contribution is -0.121. The summed E-state index contributed by atoms with van der Waals surface area (Å²) in [5.74, 6) is -1.86. The molecule has 1 aromatic carbocycles. The highest BCUT2D eigenvalue weighted by molar-refractivity contribution is 7.91. The number of nitrogens with one attached hydrogen (secondary N) is 1. The Morgan fingerprint density at radius 3 is 2.65 bits per heavy atom. The van der Waals surface area contributed by atoms with Gasteiger partial charge in [0.05, 0.1) is 53.4 Å². The Bertz CT molecular complexity index is 1870. The van der Waals surface area contributed by atoms with Gasteiger partial charge in [-0.15, -0.1) is 6.58 Å². The average molecular weight is 648 g/mol. The summed E-state index contributed by atoms with van der Waals surface area (Å²) in [6, 6.07) is 7.03. The van der Waals surface area contributed by atoms with E-state index >= 15 is 0 Å². The van der Waals surface area contributed by atoms with Crippen LogP contribution in [-0.2, 0) is 30.8 Å². The first kappa shape index (κ1) is 31.6. The lowest BCUT2D eigenvalue weighted by Gasteiger charge is -2.26. The molecule has 1 atom stereocenters. The number of fused-ring (bicyclic) bond motifs is 1. The van der Waals surface area contributed by atoms with Gasteiger partial charge in [-0.3, -0.25) is 19.5 Å². The number of carbonyl (C=O) groups is 2. The minimum atomic E-state index is -3.97. The number of pyridine rings is 1. The lowest BCUT2D eigenvalue weighted by Crippen LogP contribution is -2.35. The summed E-state index contributed by atoms with van der Waals surface area (Å²) in [6.07, 6.45) is 7.28. The average Bonchev–Trinajstić information content (AvgIpc) is 3.76. The van der Waals surface area contributed by atoms with Crippen LogP contribution in [0.4, 0.5) is 0 Å². The van der Waals surface area contributed by atoms with Gasteiger partial charge in [0.25, 0.3) is 11.8 Å². The lowest BCUT2D eigenvalue weighted by atomic mass is 9.99. The zero-order valence-electron chi connectivity index (χ0n) is 25.9. The van der Waals surface area contributed by atoms with Crippen molar-refractivity contribution >= 4 is 38.5 Å². The highest BCUT2D eigenvalue weighted by atomic mass is 32.2. The number of carbonyl (C=O) groups excluding carboxylic acids is 2. The number of methoxy groups -OCH3 is 1. The minimum absolute atomic E-state index is 0.0517. The molecule has 3 aromatic rings. The molecule has 13 heteroatoms. The Balaban J connectivity index is 1.39. The van der Waals surface area contributed by atoms with Crippen LogP contribution in [0, 0.1) is 5.92 Å². The molecule has 2 N–H and O–H groups in total. The molecule has 3 aliphatic rings. The Morgan fingerprint density at radius 1 is 1.24 bits per heavy atom. The van der Waals surface area contributed by atoms with Crippen molar-refractivity contribution in [1.82, 2.24) is 19.2 Å². The third-order valence-corrected chi connectivity index (χ3v) is 11.3. The first-order valence-electron chi connectivity index (χ1n) is 15.2. The predicted molar refractivity (Wildman–Crippen MR) is 173 cm³/mol. The van der Waals surface area contributed by atoms with E-state index in [1.165, 1.54) is 7.11 Å². The number of ether oxygens (including phenoxy) is 2. The van der Waals surface area contributed by atoms with Crippen LogP contribution in [0.5, 0.6) is 5.75 Å². The van der Waals surface area contributed by atoms with Gasteiger partial charge in [0, 0.05) is 43.7 Å². The summed E-state index contributed by atoms with van der Waals surface area (Å²) < 4.78 is 38.8. The maximum atomic E-state index is 14.0. The molecule has 46 heavy (non-hydrogen) atoms. The maximum Gasteiger partial charge on any atom is 0.258 e. The summed E-state index contributed by atoms with van der Waals surface area (Å²) in [5.41, 5.74) is 2.79. The van der Waals surface area contributed by atoms with Gasteiger partial charge in [-0.1, -0.05) is 12.1 Å². The summed E-state index contributed by atoms with van der Waals surface area (Å²) in [7, 11) is -2.53. The van der Waals surface area contributed by atoms with Crippen molar-refractivity contribution in [1.29, 1.82) is 0 Å². The number of hydrogen-bond acceptors (Lipinski definition) is 9. The Kier molecular flexibility index (Phi) is 8.57. The van der Waals surface area contributed by atoms with E-state index in [1.54, 1.807) is 37.4 Å². The predicted octanol–water partition coefficient (Wildman–Crippen LogP) is 3.41. The van der Waals surface area contributed by atoms with Gasteiger partial charge >= 0.3 is 0 Å². The van der Waals surface area contributed by atoms with E-state index in [9.17, 15) is 23.1 Å². The van der Waals surface area contributed by atoms with E-state index in [0.717, 1.165) is 29.0 Å². The van der Waals surface area contributed by atoms with E-state index < -0.39 is 32.5 Å². The molecule has 242 valence electrons. The van der Waals surface area contributed by atoms with Gasteiger partial charge in [-0.05, 0) is 56.0 Å². The van der Waals surface area contributed by atoms with Crippen LogP contribution in [0.15, 0.2) is 66.1 Å². The standard InChI is InChI=1S/C33H37N5O7S/c1-4-7-33(8-9-33)46(42,43)38-20-28(39)30-25(31(40)35-18-26-29(44-3)14-21(2)36-32(26)41)15-23(16-27(30)38)22-5-6-24(34-17-22)19-37-10-12-45-13-11-37/h4-6,14-17,20,26,39H,1,7-13,18-19H2,2-3H3,(H,35,40). The third-order valence-electron chi connectivity index (χ3n) is 8.85. The van der Waals surface area contributed by atoms with Gasteiger partial charge in [-0.25, -0.2) is 17.4 Å². The van der Waals surface area contributed by atoms with Crippen molar-refractivity contribution in [2.45, 2.75) is 37.5 Å². The van der Waals surface area contributed by atoms with Crippen molar-refractivity contribution in [2.24, 2.45) is 10.9 Å². The second-order valence-corrected chi connectivity index (χ2v) is 14.2. The van der Waals surface area contributed by atoms with Crippen LogP contribution in [-0.4, -0.2) is 89.6 Å². The molecule has 2 aliphatic heterocycles. The number of allylic oxidation sites excluding steroid dienone is 2. The van der Waals surface area contributed by atoms with Gasteiger partial charge in [0.2, 0.25) is 10.0 Å². The molecule has 0 radical (unpaired) electrons. The maximum absolute atomic E-state index is 14.0. The summed E-state index contributed by atoms with van der Waals surface area (Å²) in [5, 5.41) is 14.0. The van der Waals surface area contributed by atoms with Gasteiger partial charge < -0.3 is 19.9 Å². The normalized spacial score (nSPS) is 19.8. The van der Waals surface area contributed by atoms with E-state index in [-0.39, 0.29) is 35.2 Å². The highest BCUT2D eigenvalue weighted by Gasteiger charge is 2.54. The first-order chi connectivity index (χ1) is 22.1. The van der Waals surface area contributed by atoms with Crippen LogP contribution >= 0.6 is 0 Å². The van der Waals surface area contributed by atoms with Crippen molar-refractivity contribution in [2.75, 3.05) is 40.0 Å². The first-order valence-corrected chi connectivity index (χ1v) is 16.6. The van der Waals surface area contributed by atoms with E-state index in [4.69, 9.17) is 9.47 Å². The fourth-order valence-corrected chi connectivity index (χ4v) is 8.11. The van der Waals surface area contributed by atoms with Gasteiger partial charge in [0.1, 0.15) is 17.4 Å². The molecule has 2 fully saturated rings. The molecule has 2 aromatic heterocycles. The molecule has 1 saturated heterocycles. The number of dihydropyridines is 1. The summed E-state index contributed by atoms with van der Waals surface area (Å²) >= 11 is 0. The fraction of sp³-hybridized carbons (Fsp3) is 0.394. The fourth-order valence-electron chi connectivity index (χ4n) is 6.11. The van der Waals surface area contributed by atoms with E-state index in [0.29, 0.717) is 55.2 Å². The zero-order chi connectivity index (χ0) is 32.6. The Hall–Kier alpha value is -4.33. The number of aromatic hydroxyl groups is 1. The second-order valence-electron chi connectivity index (χ2n) is 11.9. The topological polar surface area (TPSA) is 152 Å². The number of nitrogens with zero attached hydrogens (tertiary/aromatic N) is 4. The molecule has 12 nitrogen and oxygen atoms in total. The van der Waals surface area contributed by atoms with Crippen LogP contribution in [0.3, 0.4) is 0 Å². The number of morpholine rings is 1. The molecule has 1 saturated carbocycles. The molecule has 0 bridgehead atoms. The van der Waals surface area contributed by atoms with Crippen molar-refractivity contribution in [3.8, 4) is 16.9 Å². The Labute approximate surface area is 267 Å². The number of amides is 2. The van der Waals surface area contributed by atoms with Crippen molar-refractivity contribution in [3.05, 3.63) is 72.4 Å². The van der Waals surface area contributed by atoms with E-state index in [2.05, 4.69) is 26.8 Å². The van der Waals surface area contributed by atoms with Crippen LogP contribution in [0.2, 0.25) is 0 Å². The zero-order valence-corrected chi connectivity index (χ0v) is 26.7. The monoisotopic (exact) mass is 647 g/mol. The van der Waals surface area contributed by atoms with Crippen LogP contribution in [0.1, 0.15) is 42.2 Å². The number of hydrogen-bond donors (Lipinski definition) is 2. The second kappa shape index (κ2) is 12.5. The SMILES string of the molecule is C=CCC1(S(=O)(=O)n2cc(O)c3c(C(=O)NCC4C(=O)N=C(C)C=C4OC)cc(-c4ccc(CN5CCOCC5)nc4)cc32)CC1. The summed E-state index contributed by atoms with van der Waals surface area (Å²) in [4.78, 5) is 37.4. The van der Waals surface area contributed by atoms with Crippen LogP contribution < -0.4 is 5.32 Å².